The van der Waals surface area contributed by atoms with E-state index in [-0.39, 0.29) is 11.2 Å². The summed E-state index contributed by atoms with van der Waals surface area (Å²) in [5, 5.41) is 0. The van der Waals surface area contributed by atoms with Crippen LogP contribution in [0.4, 0.5) is 8.78 Å². The Labute approximate surface area is 95.7 Å². The van der Waals surface area contributed by atoms with Gasteiger partial charge in [-0.25, -0.2) is 8.78 Å². The Bertz CT molecular complexity index is 352. The Morgan fingerprint density at radius 1 is 1.31 bits per heavy atom. The van der Waals surface area contributed by atoms with Gasteiger partial charge in [-0.3, -0.25) is 0 Å². The van der Waals surface area contributed by atoms with Gasteiger partial charge in [0, 0.05) is 0 Å². The summed E-state index contributed by atoms with van der Waals surface area (Å²) in [6.45, 7) is 4.56. The van der Waals surface area contributed by atoms with Crippen molar-refractivity contribution in [2.45, 2.75) is 33.1 Å². The summed E-state index contributed by atoms with van der Waals surface area (Å²) in [5.74, 6) is -0.746. The monoisotopic (exact) mass is 227 g/mol. The molecule has 0 saturated carbocycles. The van der Waals surface area contributed by atoms with Crippen LogP contribution in [-0.4, -0.2) is 6.54 Å². The van der Waals surface area contributed by atoms with E-state index in [1.54, 1.807) is 0 Å². The molecule has 0 spiro atoms. The molecule has 2 N–H and O–H groups in total. The molecule has 0 saturated heterocycles. The lowest BCUT2D eigenvalue weighted by atomic mass is 9.80. The highest BCUT2D eigenvalue weighted by Crippen LogP contribution is 2.28. The van der Waals surface area contributed by atoms with Gasteiger partial charge in [-0.05, 0) is 48.6 Å². The fourth-order valence-corrected chi connectivity index (χ4v) is 2.00. The molecule has 1 rings (SSSR count). The summed E-state index contributed by atoms with van der Waals surface area (Å²) in [6, 6.07) is 3.57. The molecular weight excluding hydrogens is 208 g/mol. The van der Waals surface area contributed by atoms with E-state index in [4.69, 9.17) is 5.73 Å². The third-order valence-corrected chi connectivity index (χ3v) is 2.97. The van der Waals surface area contributed by atoms with Crippen molar-refractivity contribution < 1.29 is 8.78 Å². The first-order chi connectivity index (χ1) is 7.50. The number of nitrogens with two attached hydrogens (primary N) is 1. The van der Waals surface area contributed by atoms with Gasteiger partial charge >= 0.3 is 0 Å². The van der Waals surface area contributed by atoms with Crippen LogP contribution in [0.2, 0.25) is 0 Å². The maximum Gasteiger partial charge on any atom is 0.126 e. The van der Waals surface area contributed by atoms with E-state index in [0.717, 1.165) is 18.9 Å². The summed E-state index contributed by atoms with van der Waals surface area (Å²) in [4.78, 5) is 0. The smallest absolute Gasteiger partial charge is 0.126 e. The number of hydrogen-bond donors (Lipinski definition) is 1. The van der Waals surface area contributed by atoms with E-state index in [9.17, 15) is 8.78 Å². The van der Waals surface area contributed by atoms with Crippen LogP contribution in [0.25, 0.3) is 0 Å². The van der Waals surface area contributed by atoms with Crippen molar-refractivity contribution >= 4 is 0 Å². The Morgan fingerprint density at radius 2 is 2.00 bits per heavy atom. The summed E-state index contributed by atoms with van der Waals surface area (Å²) in [5.41, 5.74) is 5.98. The van der Waals surface area contributed by atoms with Gasteiger partial charge in [0.1, 0.15) is 11.6 Å². The van der Waals surface area contributed by atoms with E-state index in [0.29, 0.717) is 18.5 Å². The maximum atomic E-state index is 13.5. The van der Waals surface area contributed by atoms with Gasteiger partial charge < -0.3 is 5.73 Å². The van der Waals surface area contributed by atoms with Crippen molar-refractivity contribution in [3.8, 4) is 0 Å². The summed E-state index contributed by atoms with van der Waals surface area (Å²) in [7, 11) is 0. The van der Waals surface area contributed by atoms with E-state index >= 15 is 0 Å². The highest BCUT2D eigenvalue weighted by Gasteiger charge is 2.23. The molecule has 0 fully saturated rings. The van der Waals surface area contributed by atoms with E-state index in [2.05, 4.69) is 6.92 Å². The molecule has 1 aromatic carbocycles. The van der Waals surface area contributed by atoms with Gasteiger partial charge in [0.2, 0.25) is 0 Å². The number of halogens is 2. The minimum atomic E-state index is -0.396. The molecule has 0 aliphatic rings. The first-order valence-electron chi connectivity index (χ1n) is 5.65. The second-order valence-electron chi connectivity index (χ2n) is 4.68. The summed E-state index contributed by atoms with van der Waals surface area (Å²) >= 11 is 0. The van der Waals surface area contributed by atoms with Gasteiger partial charge in [0.25, 0.3) is 0 Å². The largest absolute Gasteiger partial charge is 0.330 e. The fourth-order valence-electron chi connectivity index (χ4n) is 2.00. The number of benzene rings is 1. The summed E-state index contributed by atoms with van der Waals surface area (Å²) in [6.07, 6.45) is 2.39. The molecule has 16 heavy (non-hydrogen) atoms. The Morgan fingerprint density at radius 3 is 2.56 bits per heavy atom. The average molecular weight is 227 g/mol. The van der Waals surface area contributed by atoms with Crippen LogP contribution in [0.1, 0.15) is 32.3 Å². The lowest BCUT2D eigenvalue weighted by Gasteiger charge is -2.27. The van der Waals surface area contributed by atoms with Gasteiger partial charge in [-0.1, -0.05) is 20.3 Å². The van der Waals surface area contributed by atoms with E-state index in [1.807, 2.05) is 6.92 Å². The predicted molar refractivity (Wildman–Crippen MR) is 62.1 cm³/mol. The van der Waals surface area contributed by atoms with Crippen LogP contribution < -0.4 is 5.73 Å². The molecule has 90 valence electrons. The fraction of sp³-hybridized carbons (Fsp3) is 0.538. The van der Waals surface area contributed by atoms with Crippen LogP contribution in [0.15, 0.2) is 18.2 Å². The van der Waals surface area contributed by atoms with Crippen LogP contribution >= 0.6 is 0 Å². The molecule has 3 heteroatoms. The zero-order valence-corrected chi connectivity index (χ0v) is 9.89. The average Bonchev–Trinajstić information content (AvgIpc) is 2.24. The highest BCUT2D eigenvalue weighted by atomic mass is 19.1. The van der Waals surface area contributed by atoms with Crippen LogP contribution in [0.5, 0.6) is 0 Å². The zero-order valence-electron chi connectivity index (χ0n) is 9.89. The molecule has 1 nitrogen and oxygen atoms in total. The maximum absolute atomic E-state index is 13.5. The molecule has 0 aromatic heterocycles. The van der Waals surface area contributed by atoms with Gasteiger partial charge in [-0.15, -0.1) is 0 Å². The van der Waals surface area contributed by atoms with Crippen molar-refractivity contribution in [2.24, 2.45) is 11.1 Å². The molecule has 0 radical (unpaired) electrons. The third-order valence-electron chi connectivity index (χ3n) is 2.97. The normalized spacial score (nSPS) is 14.8. The first-order valence-corrected chi connectivity index (χ1v) is 5.65. The van der Waals surface area contributed by atoms with Gasteiger partial charge in [0.05, 0.1) is 0 Å². The predicted octanol–water partition coefficient (Wildman–Crippen LogP) is 3.27. The molecule has 0 aliphatic carbocycles. The van der Waals surface area contributed by atoms with Crippen molar-refractivity contribution in [2.75, 3.05) is 6.54 Å². The van der Waals surface area contributed by atoms with Crippen molar-refractivity contribution in [1.82, 2.24) is 0 Å². The molecule has 0 aliphatic heterocycles. The zero-order chi connectivity index (χ0) is 12.2. The lowest BCUT2D eigenvalue weighted by Crippen LogP contribution is -2.29. The molecule has 0 amide bonds. The van der Waals surface area contributed by atoms with Gasteiger partial charge in [0.15, 0.2) is 0 Å². The highest BCUT2D eigenvalue weighted by molar-refractivity contribution is 5.20. The SMILES string of the molecule is CCCC(C)(CN)Cc1cc(F)ccc1F. The quantitative estimate of drug-likeness (QED) is 0.820. The van der Waals surface area contributed by atoms with Crippen LogP contribution in [0.3, 0.4) is 0 Å². The third kappa shape index (κ3) is 3.27. The molecule has 1 atom stereocenters. The minimum Gasteiger partial charge on any atom is -0.330 e. The Hall–Kier alpha value is -0.960. The van der Waals surface area contributed by atoms with E-state index < -0.39 is 5.82 Å². The molecule has 1 unspecified atom stereocenters. The van der Waals surface area contributed by atoms with Gasteiger partial charge in [-0.2, -0.15) is 0 Å². The Balaban J connectivity index is 2.89. The van der Waals surface area contributed by atoms with Crippen molar-refractivity contribution in [3.63, 3.8) is 0 Å². The molecule has 0 heterocycles. The Kier molecular flexibility index (Phi) is 4.42. The summed E-state index contributed by atoms with van der Waals surface area (Å²) < 4.78 is 26.5. The topological polar surface area (TPSA) is 26.0 Å². The van der Waals surface area contributed by atoms with Crippen molar-refractivity contribution in [3.05, 3.63) is 35.4 Å². The second kappa shape index (κ2) is 5.39. The van der Waals surface area contributed by atoms with Crippen LogP contribution in [-0.2, 0) is 6.42 Å². The van der Waals surface area contributed by atoms with Crippen molar-refractivity contribution in [1.29, 1.82) is 0 Å². The molecular formula is C13H19F2N. The number of rotatable bonds is 5. The first kappa shape index (κ1) is 13.1. The molecule has 1 aromatic rings. The standard InChI is InChI=1S/C13H19F2N/c1-3-6-13(2,9-16)8-10-7-11(14)4-5-12(10)15/h4-5,7H,3,6,8-9,16H2,1-2H3. The van der Waals surface area contributed by atoms with Crippen LogP contribution in [0, 0.1) is 17.0 Å². The lowest BCUT2D eigenvalue weighted by molar-refractivity contribution is 0.298. The molecule has 0 bridgehead atoms. The minimum absolute atomic E-state index is 0.149. The number of hydrogen-bond acceptors (Lipinski definition) is 1. The van der Waals surface area contributed by atoms with E-state index in [1.165, 1.54) is 12.1 Å². The second-order valence-corrected chi connectivity index (χ2v) is 4.68.